The van der Waals surface area contributed by atoms with Crippen molar-refractivity contribution < 1.29 is 43.5 Å². The Balaban J connectivity index is 1.29. The molecule has 2 fully saturated rings. The number of benzene rings is 2. The van der Waals surface area contributed by atoms with Crippen LogP contribution in [0.15, 0.2) is 60.4 Å². The number of aryl methyl sites for hydroxylation is 2. The van der Waals surface area contributed by atoms with Crippen molar-refractivity contribution in [3.8, 4) is 0 Å². The molecule has 3 aliphatic rings. The molecule has 286 valence electrons. The van der Waals surface area contributed by atoms with Crippen molar-refractivity contribution in [2.24, 2.45) is 23.3 Å². The molecule has 0 bridgehead atoms. The highest BCUT2D eigenvalue weighted by Crippen LogP contribution is 2.39. The third kappa shape index (κ3) is 9.81. The number of nitrogens with one attached hydrogen (secondary N) is 3. The van der Waals surface area contributed by atoms with E-state index in [0.29, 0.717) is 18.6 Å². The number of aliphatic hydroxyl groups is 2. The summed E-state index contributed by atoms with van der Waals surface area (Å²) in [5.74, 6) is -0.247. The number of carbonyl (C=O) groups is 2. The highest BCUT2D eigenvalue weighted by Gasteiger charge is 2.52. The van der Waals surface area contributed by atoms with Crippen molar-refractivity contribution in [1.82, 2.24) is 16.0 Å². The van der Waals surface area contributed by atoms with E-state index in [2.05, 4.69) is 16.0 Å². The van der Waals surface area contributed by atoms with E-state index < -0.39 is 72.5 Å². The number of hydrogen-bond donors (Lipinski definition) is 7. The minimum Gasteiger partial charge on any atom is -0.491 e. The average Bonchev–Trinajstić information content (AvgIpc) is 3.10. The van der Waals surface area contributed by atoms with Gasteiger partial charge in [0.15, 0.2) is 6.29 Å². The van der Waals surface area contributed by atoms with Crippen molar-refractivity contribution in [1.29, 1.82) is 0 Å². The van der Waals surface area contributed by atoms with Crippen LogP contribution in [0.2, 0.25) is 0 Å². The zero-order valence-electron chi connectivity index (χ0n) is 30.6. The summed E-state index contributed by atoms with van der Waals surface area (Å²) in [5.41, 5.74) is 16.1. The molecule has 2 aliphatic heterocycles. The zero-order chi connectivity index (χ0) is 37.6. The Labute approximate surface area is 305 Å². The molecule has 11 unspecified atom stereocenters. The van der Waals surface area contributed by atoms with Crippen molar-refractivity contribution in [3.63, 3.8) is 0 Å². The van der Waals surface area contributed by atoms with E-state index in [1.165, 1.54) is 0 Å². The minimum absolute atomic E-state index is 0.0526. The van der Waals surface area contributed by atoms with Crippen molar-refractivity contribution in [2.45, 2.75) is 108 Å². The quantitative estimate of drug-likeness (QED) is 0.178. The molecular formula is C38H55N5O9. The lowest BCUT2D eigenvalue weighted by Crippen LogP contribution is -2.67. The molecule has 14 nitrogen and oxygen atoms in total. The summed E-state index contributed by atoms with van der Waals surface area (Å²) in [4.78, 5) is 25.8. The highest BCUT2D eigenvalue weighted by molar-refractivity contribution is 5.68. The van der Waals surface area contributed by atoms with Gasteiger partial charge in [-0.15, -0.1) is 0 Å². The molecule has 2 heterocycles. The number of alkyl carbamates (subject to hydrolysis) is 2. The fourth-order valence-corrected chi connectivity index (χ4v) is 7.46. The van der Waals surface area contributed by atoms with Crippen LogP contribution < -0.4 is 27.4 Å². The van der Waals surface area contributed by atoms with Gasteiger partial charge in [-0.05, 0) is 63.8 Å². The van der Waals surface area contributed by atoms with Crippen molar-refractivity contribution in [2.75, 3.05) is 20.2 Å². The van der Waals surface area contributed by atoms with E-state index in [1.807, 2.05) is 75.4 Å². The SMILES string of the molecule is CNC1C(O)C(OC2C(N)CC(N)C(C3OC(CNC(=O)OCc4ccc(C)cc4)=CCC3NC(=O)OCc3ccc(C)cc3)C2C)OCC1(C)O. The maximum Gasteiger partial charge on any atom is 0.407 e. The Morgan fingerprint density at radius 1 is 0.962 bits per heavy atom. The van der Waals surface area contributed by atoms with Crippen LogP contribution in [0.4, 0.5) is 9.59 Å². The first-order chi connectivity index (χ1) is 24.7. The second-order valence-corrected chi connectivity index (χ2v) is 14.6. The summed E-state index contributed by atoms with van der Waals surface area (Å²) in [6, 6.07) is 13.2. The van der Waals surface area contributed by atoms with Gasteiger partial charge in [0.05, 0.1) is 31.3 Å². The molecule has 1 saturated carbocycles. The van der Waals surface area contributed by atoms with E-state index in [9.17, 15) is 19.8 Å². The second kappa shape index (κ2) is 17.4. The van der Waals surface area contributed by atoms with Crippen molar-refractivity contribution in [3.05, 3.63) is 82.6 Å². The molecule has 52 heavy (non-hydrogen) atoms. The Hall–Kier alpha value is -3.76. The van der Waals surface area contributed by atoms with Gasteiger partial charge in [0.1, 0.15) is 36.8 Å². The number of aliphatic hydroxyl groups excluding tert-OH is 1. The number of carbonyl (C=O) groups excluding carboxylic acids is 2. The Morgan fingerprint density at radius 2 is 1.56 bits per heavy atom. The first-order valence-electron chi connectivity index (χ1n) is 17.9. The van der Waals surface area contributed by atoms with Crippen LogP contribution in [0.1, 0.15) is 48.9 Å². The molecule has 2 aromatic carbocycles. The molecule has 0 aromatic heterocycles. The molecule has 0 spiro atoms. The molecule has 9 N–H and O–H groups in total. The largest absolute Gasteiger partial charge is 0.491 e. The zero-order valence-corrected chi connectivity index (χ0v) is 30.6. The van der Waals surface area contributed by atoms with Crippen LogP contribution in [0.5, 0.6) is 0 Å². The van der Waals surface area contributed by atoms with E-state index >= 15 is 0 Å². The van der Waals surface area contributed by atoms with Gasteiger partial charge in [-0.25, -0.2) is 9.59 Å². The van der Waals surface area contributed by atoms with Crippen LogP contribution in [-0.2, 0) is 36.9 Å². The monoisotopic (exact) mass is 725 g/mol. The number of likely N-dealkylation sites (N-methyl/N-ethyl adjacent to an activating group) is 1. The first-order valence-corrected chi connectivity index (χ1v) is 17.9. The van der Waals surface area contributed by atoms with Crippen molar-refractivity contribution >= 4 is 12.2 Å². The first kappa shape index (κ1) is 39.4. The number of rotatable bonds is 11. The molecular weight excluding hydrogens is 670 g/mol. The Morgan fingerprint density at radius 3 is 2.15 bits per heavy atom. The van der Waals surface area contributed by atoms with Crippen LogP contribution >= 0.6 is 0 Å². The summed E-state index contributed by atoms with van der Waals surface area (Å²) >= 11 is 0. The molecule has 0 radical (unpaired) electrons. The maximum absolute atomic E-state index is 13.1. The fourth-order valence-electron chi connectivity index (χ4n) is 7.46. The van der Waals surface area contributed by atoms with E-state index in [-0.39, 0.29) is 32.3 Å². The number of ether oxygens (including phenoxy) is 5. The topological polar surface area (TPSA) is 209 Å². The number of amides is 2. The Kier molecular flexibility index (Phi) is 13.2. The van der Waals surface area contributed by atoms with Gasteiger partial charge in [0.2, 0.25) is 0 Å². The summed E-state index contributed by atoms with van der Waals surface area (Å²) in [7, 11) is 1.65. The van der Waals surface area contributed by atoms with E-state index in [4.69, 9.17) is 35.2 Å². The molecule has 1 saturated heterocycles. The average molecular weight is 726 g/mol. The molecule has 5 rings (SSSR count). The predicted molar refractivity (Wildman–Crippen MR) is 193 cm³/mol. The third-order valence-corrected chi connectivity index (χ3v) is 10.4. The summed E-state index contributed by atoms with van der Waals surface area (Å²) < 4.78 is 29.7. The number of nitrogens with two attached hydrogens (primary N) is 2. The number of hydrogen-bond acceptors (Lipinski definition) is 12. The van der Waals surface area contributed by atoms with Gasteiger partial charge < -0.3 is 61.3 Å². The van der Waals surface area contributed by atoms with Gasteiger partial charge in [-0.2, -0.15) is 0 Å². The predicted octanol–water partition coefficient (Wildman–Crippen LogP) is 2.25. The molecule has 1 aliphatic carbocycles. The van der Waals surface area contributed by atoms with E-state index in [0.717, 1.165) is 22.3 Å². The van der Waals surface area contributed by atoms with Crippen LogP contribution in [-0.4, -0.2) is 97.0 Å². The van der Waals surface area contributed by atoms with Gasteiger partial charge in [0, 0.05) is 18.0 Å². The second-order valence-electron chi connectivity index (χ2n) is 14.6. The maximum atomic E-state index is 13.1. The molecule has 2 amide bonds. The standard InChI is InChI=1S/C38H55N5O9/c1-21-6-10-24(11-7-21)18-48-36(45)42-17-26-14-15-29(43-37(46)49-19-25-12-8-22(2)9-13-25)33(51-26)30-23(3)32(28(40)16-27(30)39)52-35-31(44)34(41-5)38(4,47)20-50-35/h6-14,23,27-35,41,44,47H,15-20,39-40H2,1-5H3,(H,42,45)(H,43,46). The molecule has 2 aromatic rings. The van der Waals surface area contributed by atoms with Gasteiger partial charge in [0.25, 0.3) is 0 Å². The molecule has 14 heteroatoms. The van der Waals surface area contributed by atoms with Crippen LogP contribution in [0.3, 0.4) is 0 Å². The smallest absolute Gasteiger partial charge is 0.407 e. The third-order valence-electron chi connectivity index (χ3n) is 10.4. The van der Waals surface area contributed by atoms with Gasteiger partial charge in [-0.1, -0.05) is 66.6 Å². The van der Waals surface area contributed by atoms with Gasteiger partial charge in [-0.3, -0.25) is 0 Å². The van der Waals surface area contributed by atoms with E-state index in [1.54, 1.807) is 14.0 Å². The lowest BCUT2D eigenvalue weighted by atomic mass is 9.68. The fraction of sp³-hybridized carbons (Fsp3) is 0.579. The lowest BCUT2D eigenvalue weighted by molar-refractivity contribution is -0.291. The molecule has 11 atom stereocenters. The summed E-state index contributed by atoms with van der Waals surface area (Å²) in [5, 5.41) is 30.5. The highest BCUT2D eigenvalue weighted by atomic mass is 16.7. The van der Waals surface area contributed by atoms with Gasteiger partial charge >= 0.3 is 12.2 Å². The summed E-state index contributed by atoms with van der Waals surface area (Å²) in [6.45, 7) is 7.71. The summed E-state index contributed by atoms with van der Waals surface area (Å²) in [6.07, 6.45) is -2.19. The minimum atomic E-state index is -1.31. The normalized spacial score (nSPS) is 33.3. The van der Waals surface area contributed by atoms with Crippen LogP contribution in [0.25, 0.3) is 0 Å². The lowest BCUT2D eigenvalue weighted by Gasteiger charge is -2.51. The Bertz CT molecular complexity index is 1520. The van der Waals surface area contributed by atoms with Crippen LogP contribution in [0, 0.1) is 25.7 Å².